The van der Waals surface area contributed by atoms with E-state index in [1.54, 1.807) is 31.2 Å². The maximum atomic E-state index is 13.0. The lowest BCUT2D eigenvalue weighted by Crippen LogP contribution is -2.13. The summed E-state index contributed by atoms with van der Waals surface area (Å²) in [7, 11) is 1.00. The van der Waals surface area contributed by atoms with Gasteiger partial charge in [-0.2, -0.15) is 0 Å². The van der Waals surface area contributed by atoms with Gasteiger partial charge in [0.2, 0.25) is 0 Å². The first-order valence-electron chi connectivity index (χ1n) is 26.7. The van der Waals surface area contributed by atoms with Crippen LogP contribution in [0.15, 0.2) is 146 Å². The van der Waals surface area contributed by atoms with E-state index in [1.807, 2.05) is 71.7 Å². The van der Waals surface area contributed by atoms with E-state index in [1.165, 1.54) is 58.0 Å². The van der Waals surface area contributed by atoms with Crippen molar-refractivity contribution in [1.29, 1.82) is 0 Å². The topological polar surface area (TPSA) is 55.8 Å². The summed E-state index contributed by atoms with van der Waals surface area (Å²) in [5.41, 5.74) is 14.6. The fourth-order valence-corrected chi connectivity index (χ4v) is 6.79. The van der Waals surface area contributed by atoms with Crippen LogP contribution in [0, 0.1) is 57.9 Å². The van der Waals surface area contributed by atoms with Crippen LogP contribution in [-0.4, -0.2) is 25.8 Å². The van der Waals surface area contributed by atoms with Gasteiger partial charge in [-0.15, -0.1) is 0 Å². The Labute approximate surface area is 472 Å². The van der Waals surface area contributed by atoms with Crippen molar-refractivity contribution in [1.82, 2.24) is 0 Å². The third-order valence-electron chi connectivity index (χ3n) is 11.3. The first-order chi connectivity index (χ1) is 36.5. The first-order valence-corrected chi connectivity index (χ1v) is 26.7. The van der Waals surface area contributed by atoms with E-state index in [9.17, 15) is 17.6 Å². The van der Waals surface area contributed by atoms with Crippen LogP contribution in [-0.2, 0) is 61.1 Å². The second-order valence-electron chi connectivity index (χ2n) is 17.6. The molecule has 7 aromatic carbocycles. The van der Waals surface area contributed by atoms with Gasteiger partial charge in [0.1, 0.15) is 35.8 Å². The van der Waals surface area contributed by atoms with Crippen LogP contribution in [0.3, 0.4) is 0 Å². The second kappa shape index (κ2) is 49.0. The predicted octanol–water partition coefficient (Wildman–Crippen LogP) is 19.8. The summed E-state index contributed by atoms with van der Waals surface area (Å²) in [5.74, 6) is 0.113. The van der Waals surface area contributed by atoms with Crippen LogP contribution in [0.4, 0.5) is 17.6 Å². The number of aryl methyl sites for hydroxylation is 12. The monoisotopic (exact) mass is 1080 g/mol. The molecule has 0 bridgehead atoms. The number of carbonyl (C=O) groups excluding carboxylic acids is 1. The molecule has 8 rings (SSSR count). The average molecular weight is 1080 g/mol. The number of rotatable bonds is 7. The lowest BCUT2D eigenvalue weighted by Gasteiger charge is -2.20. The van der Waals surface area contributed by atoms with Crippen LogP contribution >= 0.6 is 0 Å². The zero-order chi connectivity index (χ0) is 57.8. The quantitative estimate of drug-likeness (QED) is 0.162. The molecule has 7 aromatic rings. The normalized spacial score (nSPS) is 9.79. The lowest BCUT2D eigenvalue weighted by atomic mass is 10.0. The minimum absolute atomic E-state index is 0. The largest absolute Gasteiger partial charge is 0.467 e. The fraction of sp³-hybridized carbons (Fsp3) is 0.386. The number of aliphatic hydroxyl groups excluding tert-OH is 1. The third-order valence-corrected chi connectivity index (χ3v) is 11.3. The zero-order valence-electron chi connectivity index (χ0n) is 48.8. The van der Waals surface area contributed by atoms with E-state index in [0.29, 0.717) is 12.4 Å². The smallest absolute Gasteiger partial charge is 0.189 e. The molecule has 8 heteroatoms. The Morgan fingerprint density at radius 2 is 0.859 bits per heavy atom. The van der Waals surface area contributed by atoms with Gasteiger partial charge in [0, 0.05) is 18.7 Å². The highest BCUT2D eigenvalue weighted by molar-refractivity contribution is 5.41. The summed E-state index contributed by atoms with van der Waals surface area (Å²) in [6.45, 7) is 31.4. The van der Waals surface area contributed by atoms with Crippen molar-refractivity contribution in [2.75, 3.05) is 13.9 Å². The van der Waals surface area contributed by atoms with Gasteiger partial charge in [0.05, 0.1) is 6.61 Å². The van der Waals surface area contributed by atoms with E-state index in [-0.39, 0.29) is 44.9 Å². The molecule has 4 nitrogen and oxygen atoms in total. The molecule has 0 atom stereocenters. The number of halogens is 4. The van der Waals surface area contributed by atoms with Gasteiger partial charge in [-0.3, -0.25) is 0 Å². The molecule has 432 valence electrons. The van der Waals surface area contributed by atoms with Gasteiger partial charge in [0.15, 0.2) is 6.79 Å². The molecule has 0 aliphatic carbocycles. The maximum Gasteiger partial charge on any atom is 0.189 e. The van der Waals surface area contributed by atoms with E-state index >= 15 is 0 Å². The summed E-state index contributed by atoms with van der Waals surface area (Å²) in [5, 5.41) is 7.00. The summed E-state index contributed by atoms with van der Waals surface area (Å²) in [4.78, 5) is 8.00. The molecule has 0 unspecified atom stereocenters. The molecule has 0 saturated heterocycles. The molecule has 0 radical (unpaired) electrons. The number of fused-ring (bicyclic) bond motifs is 1. The lowest BCUT2D eigenvalue weighted by molar-refractivity contribution is -0.0980. The molecule has 0 amide bonds. The molecule has 1 aliphatic rings. The number of hydrogen-bond donors (Lipinski definition) is 1. The van der Waals surface area contributed by atoms with Gasteiger partial charge < -0.3 is 19.4 Å². The standard InChI is InChI=1S/C10H11FO2.2C9H11F.3C9H12.C8H9F.C3H8.CH4O.CH2O.2CH4/c1-2-7-3-8(11)4-10-9(7)5-12-6-13-10;1-3-8-5-4-7(2)9(10)6-8;1-3-8-5-4-7(2)6-9(8)10;1-3-9-6-4-8(2)5-7-9;2*1-3-9-6-4-5-8(2)7-9;1-2-7-5-3-4-6-8(7)9;1-3-2;2*1-2;;/h3-4H,2,5-6H2,1H3;2*4-6H,3H2,1-2H3;3*4-7H,3H2,1-2H3;3-6H,2H2,1H3;3H2,1-2H3;2H,1H3;1H2;2*1H4. The number of benzene rings is 7. The highest BCUT2D eigenvalue weighted by atomic mass is 19.1. The van der Waals surface area contributed by atoms with Crippen LogP contribution in [0.1, 0.15) is 156 Å². The van der Waals surface area contributed by atoms with Gasteiger partial charge in [-0.05, 0) is 154 Å². The maximum absolute atomic E-state index is 13.0. The number of aliphatic hydroxyl groups is 1. The van der Waals surface area contributed by atoms with Crippen LogP contribution in [0.5, 0.6) is 5.75 Å². The Bertz CT molecular complexity index is 2490. The van der Waals surface area contributed by atoms with Crippen LogP contribution in [0.25, 0.3) is 0 Å². The molecule has 1 heterocycles. The molecule has 1 N–H and O–H groups in total. The highest BCUT2D eigenvalue weighted by Crippen LogP contribution is 2.28. The Morgan fingerprint density at radius 1 is 0.423 bits per heavy atom. The number of carbonyl (C=O) groups is 1. The van der Waals surface area contributed by atoms with E-state index < -0.39 is 0 Å². The minimum atomic E-state index is -0.238. The second-order valence-corrected chi connectivity index (χ2v) is 17.6. The first kappa shape index (κ1) is 78.1. The van der Waals surface area contributed by atoms with Crippen molar-refractivity contribution in [2.24, 2.45) is 0 Å². The summed E-state index contributed by atoms with van der Waals surface area (Å²) in [6.07, 6.45) is 7.91. The highest BCUT2D eigenvalue weighted by Gasteiger charge is 2.15. The Balaban J connectivity index is -0.000000401. The summed E-state index contributed by atoms with van der Waals surface area (Å²) < 4.78 is 61.5. The summed E-state index contributed by atoms with van der Waals surface area (Å²) >= 11 is 0. The molecule has 0 spiro atoms. The zero-order valence-corrected chi connectivity index (χ0v) is 48.8. The van der Waals surface area contributed by atoms with E-state index in [4.69, 9.17) is 19.4 Å². The van der Waals surface area contributed by atoms with Crippen LogP contribution in [0.2, 0.25) is 0 Å². The molecular formula is C70H100F4O4. The summed E-state index contributed by atoms with van der Waals surface area (Å²) in [6, 6.07) is 46.4. The van der Waals surface area contributed by atoms with Crippen molar-refractivity contribution >= 4 is 6.79 Å². The predicted molar refractivity (Wildman–Crippen MR) is 329 cm³/mol. The third kappa shape index (κ3) is 34.4. The van der Waals surface area contributed by atoms with Gasteiger partial charge in [-0.25, -0.2) is 17.6 Å². The van der Waals surface area contributed by atoms with Crippen molar-refractivity contribution < 1.29 is 36.9 Å². The molecule has 0 aromatic heterocycles. The van der Waals surface area contributed by atoms with Gasteiger partial charge >= 0.3 is 0 Å². The van der Waals surface area contributed by atoms with Gasteiger partial charge in [0.25, 0.3) is 0 Å². The molecule has 0 saturated carbocycles. The number of hydrogen-bond acceptors (Lipinski definition) is 4. The number of ether oxygens (including phenoxy) is 2. The van der Waals surface area contributed by atoms with Gasteiger partial charge in [-0.1, -0.05) is 216 Å². The fourth-order valence-electron chi connectivity index (χ4n) is 6.79. The van der Waals surface area contributed by atoms with Crippen molar-refractivity contribution in [3.8, 4) is 5.75 Å². The molecular weight excluding hydrogens is 981 g/mol. The molecule has 1 aliphatic heterocycles. The van der Waals surface area contributed by atoms with E-state index in [0.717, 1.165) is 91.0 Å². The van der Waals surface area contributed by atoms with Crippen molar-refractivity contribution in [3.05, 3.63) is 241 Å². The SMILES string of the molecule is C.C.C=O.CCC.CCc1cc(F)cc2c1COCO2.CCc1ccc(C)c(F)c1.CCc1ccc(C)cc1.CCc1ccc(C)cc1F.CCc1cccc(C)c1.CCc1cccc(C)c1.CCc1ccccc1F.CO. The Morgan fingerprint density at radius 3 is 1.27 bits per heavy atom. The Hall–Kier alpha value is -6.35. The van der Waals surface area contributed by atoms with Crippen molar-refractivity contribution in [2.45, 2.75) is 170 Å². The molecule has 0 fully saturated rings. The average Bonchev–Trinajstić information content (AvgIpc) is 3.44. The van der Waals surface area contributed by atoms with Crippen LogP contribution < -0.4 is 4.74 Å². The Kier molecular flexibility index (Phi) is 49.1. The van der Waals surface area contributed by atoms with E-state index in [2.05, 4.69) is 128 Å². The minimum Gasteiger partial charge on any atom is -0.467 e. The van der Waals surface area contributed by atoms with Crippen molar-refractivity contribution in [3.63, 3.8) is 0 Å². The molecule has 78 heavy (non-hydrogen) atoms.